The van der Waals surface area contributed by atoms with Crippen molar-refractivity contribution in [2.75, 3.05) is 25.6 Å². The van der Waals surface area contributed by atoms with Crippen molar-refractivity contribution < 1.29 is 37.2 Å². The molecule has 1 N–H and O–H groups in total. The number of halogens is 3. The molecule has 1 aliphatic heterocycles. The lowest BCUT2D eigenvalue weighted by Crippen LogP contribution is -2.42. The number of ether oxygens (including phenoxy) is 4. The molecule has 0 amide bonds. The van der Waals surface area contributed by atoms with Crippen molar-refractivity contribution in [3.05, 3.63) is 53.6 Å². The van der Waals surface area contributed by atoms with Gasteiger partial charge in [-0.2, -0.15) is 13.2 Å². The fraction of sp³-hybridized carbons (Fsp3) is 0.455. The standard InChI is InChI=1S/C22H25F3O5S/c1-14-9-19(7-8-20(14)28-12-21-29-15(2)30-21)31-13-16(10-26)11-27-18-5-3-17(4-6-18)22(23,24)25/h3-9,15-16,21,26H,10-13H2,1-2H3. The average molecular weight is 458 g/mol. The molecule has 0 aromatic heterocycles. The molecule has 0 saturated carbocycles. The Labute approximate surface area is 183 Å². The fourth-order valence-electron chi connectivity index (χ4n) is 2.87. The van der Waals surface area contributed by atoms with Gasteiger partial charge in [-0.15, -0.1) is 11.8 Å². The third kappa shape index (κ3) is 7.03. The Bertz CT molecular complexity index is 838. The summed E-state index contributed by atoms with van der Waals surface area (Å²) in [7, 11) is 0. The van der Waals surface area contributed by atoms with E-state index >= 15 is 0 Å². The van der Waals surface area contributed by atoms with Crippen LogP contribution in [0.15, 0.2) is 47.4 Å². The molecule has 1 atom stereocenters. The molecular weight excluding hydrogens is 433 g/mol. The lowest BCUT2D eigenvalue weighted by molar-refractivity contribution is -0.380. The van der Waals surface area contributed by atoms with Gasteiger partial charge in [-0.1, -0.05) is 0 Å². The third-order valence-electron chi connectivity index (χ3n) is 4.62. The minimum Gasteiger partial charge on any atom is -0.493 e. The summed E-state index contributed by atoms with van der Waals surface area (Å²) in [5, 5.41) is 9.62. The summed E-state index contributed by atoms with van der Waals surface area (Å²) in [6.45, 7) is 4.21. The number of thioether (sulfide) groups is 1. The molecule has 0 bridgehead atoms. The molecule has 1 heterocycles. The van der Waals surface area contributed by atoms with Gasteiger partial charge in [-0.05, 0) is 61.9 Å². The minimum atomic E-state index is -4.38. The first-order valence-electron chi connectivity index (χ1n) is 9.82. The Balaban J connectivity index is 1.44. The quantitative estimate of drug-likeness (QED) is 0.512. The van der Waals surface area contributed by atoms with Crippen molar-refractivity contribution >= 4 is 11.8 Å². The fourth-order valence-corrected chi connectivity index (χ4v) is 3.92. The normalized spacial score (nSPS) is 19.5. The Hall–Kier alpha value is -1.94. The smallest absolute Gasteiger partial charge is 0.416 e. The van der Waals surface area contributed by atoms with Crippen molar-refractivity contribution in [3.8, 4) is 11.5 Å². The third-order valence-corrected chi connectivity index (χ3v) is 5.84. The molecule has 2 aromatic rings. The molecule has 170 valence electrons. The molecule has 0 spiro atoms. The zero-order valence-electron chi connectivity index (χ0n) is 17.2. The largest absolute Gasteiger partial charge is 0.493 e. The number of aryl methyl sites for hydroxylation is 1. The summed E-state index contributed by atoms with van der Waals surface area (Å²) in [6.07, 6.45) is -4.90. The van der Waals surface area contributed by atoms with Crippen LogP contribution in [-0.2, 0) is 15.7 Å². The first-order chi connectivity index (χ1) is 14.7. The Morgan fingerprint density at radius 2 is 1.81 bits per heavy atom. The summed E-state index contributed by atoms with van der Waals surface area (Å²) in [5.41, 5.74) is 0.248. The topological polar surface area (TPSA) is 57.2 Å². The van der Waals surface area contributed by atoms with Gasteiger partial charge in [0.25, 0.3) is 0 Å². The molecule has 1 fully saturated rings. The Morgan fingerprint density at radius 1 is 1.10 bits per heavy atom. The number of hydrogen-bond donors (Lipinski definition) is 1. The molecule has 3 rings (SSSR count). The summed E-state index contributed by atoms with van der Waals surface area (Å²) >= 11 is 1.56. The molecule has 9 heteroatoms. The SMILES string of the molecule is Cc1cc(SCC(CO)COc2ccc(C(F)(F)F)cc2)ccc1OCC1OC(C)O1. The van der Waals surface area contributed by atoms with E-state index < -0.39 is 11.7 Å². The van der Waals surface area contributed by atoms with Crippen LogP contribution in [0.4, 0.5) is 13.2 Å². The van der Waals surface area contributed by atoms with E-state index in [4.69, 9.17) is 18.9 Å². The number of hydrogen-bond acceptors (Lipinski definition) is 6. The van der Waals surface area contributed by atoms with E-state index in [1.165, 1.54) is 12.1 Å². The molecule has 1 saturated heterocycles. The lowest BCUT2D eigenvalue weighted by Gasteiger charge is -2.33. The van der Waals surface area contributed by atoms with E-state index in [1.54, 1.807) is 11.8 Å². The highest BCUT2D eigenvalue weighted by Gasteiger charge is 2.30. The van der Waals surface area contributed by atoms with Crippen molar-refractivity contribution in [2.24, 2.45) is 5.92 Å². The van der Waals surface area contributed by atoms with E-state index in [1.807, 2.05) is 32.0 Å². The van der Waals surface area contributed by atoms with Crippen LogP contribution in [0, 0.1) is 12.8 Å². The van der Waals surface area contributed by atoms with Gasteiger partial charge in [0.15, 0.2) is 12.6 Å². The first-order valence-corrected chi connectivity index (χ1v) is 10.8. The van der Waals surface area contributed by atoms with Gasteiger partial charge >= 0.3 is 6.18 Å². The van der Waals surface area contributed by atoms with E-state index in [0.29, 0.717) is 18.1 Å². The van der Waals surface area contributed by atoms with Gasteiger partial charge in [0.1, 0.15) is 18.1 Å². The van der Waals surface area contributed by atoms with Crippen molar-refractivity contribution in [1.82, 2.24) is 0 Å². The highest BCUT2D eigenvalue weighted by molar-refractivity contribution is 7.99. The van der Waals surface area contributed by atoms with Crippen LogP contribution in [0.3, 0.4) is 0 Å². The average Bonchev–Trinajstić information content (AvgIpc) is 2.71. The van der Waals surface area contributed by atoms with E-state index in [9.17, 15) is 18.3 Å². The van der Waals surface area contributed by atoms with Gasteiger partial charge in [0.05, 0.1) is 12.2 Å². The van der Waals surface area contributed by atoms with Crippen LogP contribution < -0.4 is 9.47 Å². The van der Waals surface area contributed by atoms with Crippen LogP contribution in [0.1, 0.15) is 18.1 Å². The Morgan fingerprint density at radius 3 is 2.39 bits per heavy atom. The summed E-state index contributed by atoms with van der Waals surface area (Å²) < 4.78 is 59.8. The van der Waals surface area contributed by atoms with Crippen LogP contribution in [0.5, 0.6) is 11.5 Å². The van der Waals surface area contributed by atoms with Crippen molar-refractivity contribution in [3.63, 3.8) is 0 Å². The molecule has 31 heavy (non-hydrogen) atoms. The molecule has 1 aliphatic rings. The molecule has 5 nitrogen and oxygen atoms in total. The molecule has 0 radical (unpaired) electrons. The van der Waals surface area contributed by atoms with Crippen LogP contribution >= 0.6 is 11.8 Å². The number of aliphatic hydroxyl groups excluding tert-OH is 1. The zero-order valence-corrected chi connectivity index (χ0v) is 18.0. The number of benzene rings is 2. The highest BCUT2D eigenvalue weighted by Crippen LogP contribution is 2.31. The van der Waals surface area contributed by atoms with E-state index in [-0.39, 0.29) is 31.7 Å². The maximum atomic E-state index is 12.6. The number of alkyl halides is 3. The van der Waals surface area contributed by atoms with Gasteiger partial charge in [-0.3, -0.25) is 0 Å². The summed E-state index contributed by atoms with van der Waals surface area (Å²) in [4.78, 5) is 1.02. The van der Waals surface area contributed by atoms with Gasteiger partial charge < -0.3 is 24.1 Å². The van der Waals surface area contributed by atoms with Crippen LogP contribution in [-0.4, -0.2) is 43.3 Å². The maximum absolute atomic E-state index is 12.6. The van der Waals surface area contributed by atoms with Crippen LogP contribution in [0.25, 0.3) is 0 Å². The van der Waals surface area contributed by atoms with Crippen molar-refractivity contribution in [2.45, 2.75) is 37.5 Å². The molecule has 1 unspecified atom stereocenters. The summed E-state index contributed by atoms with van der Waals surface area (Å²) in [5.74, 6) is 1.51. The predicted molar refractivity (Wildman–Crippen MR) is 110 cm³/mol. The van der Waals surface area contributed by atoms with Gasteiger partial charge in [0.2, 0.25) is 0 Å². The van der Waals surface area contributed by atoms with Crippen molar-refractivity contribution in [1.29, 1.82) is 0 Å². The minimum absolute atomic E-state index is 0.0897. The monoisotopic (exact) mass is 458 g/mol. The second-order valence-electron chi connectivity index (χ2n) is 7.20. The first kappa shape index (κ1) is 23.7. The second-order valence-corrected chi connectivity index (χ2v) is 8.29. The molecular formula is C22H25F3O5S. The Kier molecular flexibility index (Phi) is 8.10. The van der Waals surface area contributed by atoms with Gasteiger partial charge in [-0.25, -0.2) is 0 Å². The van der Waals surface area contributed by atoms with Crippen LogP contribution in [0.2, 0.25) is 0 Å². The summed E-state index contributed by atoms with van der Waals surface area (Å²) in [6, 6.07) is 10.3. The highest BCUT2D eigenvalue weighted by atomic mass is 32.2. The second kappa shape index (κ2) is 10.6. The maximum Gasteiger partial charge on any atom is 0.416 e. The molecule has 0 aliphatic carbocycles. The number of rotatable bonds is 10. The predicted octanol–water partition coefficient (Wildman–Crippen LogP) is 4.89. The van der Waals surface area contributed by atoms with E-state index in [2.05, 4.69) is 0 Å². The van der Waals surface area contributed by atoms with E-state index in [0.717, 1.165) is 28.3 Å². The number of aliphatic hydroxyl groups is 1. The van der Waals surface area contributed by atoms with Gasteiger partial charge in [0, 0.05) is 23.2 Å². The molecule has 2 aromatic carbocycles. The lowest BCUT2D eigenvalue weighted by atomic mass is 10.2. The zero-order chi connectivity index (χ0) is 22.4.